The van der Waals surface area contributed by atoms with E-state index in [1.807, 2.05) is 0 Å². The van der Waals surface area contributed by atoms with Crippen molar-refractivity contribution < 1.29 is 23.5 Å². The van der Waals surface area contributed by atoms with E-state index in [2.05, 4.69) is 11.1 Å². The molecule has 76 valence electrons. The molecule has 2 atom stereocenters. The van der Waals surface area contributed by atoms with Gasteiger partial charge in [-0.2, -0.15) is 0 Å². The van der Waals surface area contributed by atoms with Gasteiger partial charge in [0.05, 0.1) is 6.61 Å². The first-order valence-electron chi connectivity index (χ1n) is 3.65. The summed E-state index contributed by atoms with van der Waals surface area (Å²) < 4.78 is 19.3. The second-order valence-electron chi connectivity index (χ2n) is 2.57. The number of carbonyl (C=O) groups excluding carboxylic acids is 1. The average Bonchev–Trinajstić information content (AvgIpc) is 2.00. The summed E-state index contributed by atoms with van der Waals surface area (Å²) in [6.45, 7) is 6.37. The quantitative estimate of drug-likeness (QED) is 0.412. The van der Waals surface area contributed by atoms with Gasteiger partial charge in [-0.05, 0) is 13.8 Å². The van der Waals surface area contributed by atoms with Crippen LogP contribution in [0.2, 0.25) is 0 Å². The molecule has 1 N–H and O–H groups in total. The fourth-order valence-corrected chi connectivity index (χ4v) is 0.883. The molecule has 6 heteroatoms. The van der Waals surface area contributed by atoms with Crippen LogP contribution in [0.5, 0.6) is 0 Å². The van der Waals surface area contributed by atoms with E-state index in [-0.39, 0.29) is 12.2 Å². The van der Waals surface area contributed by atoms with Gasteiger partial charge < -0.3 is 14.2 Å². The third kappa shape index (κ3) is 6.51. The van der Waals surface area contributed by atoms with Crippen LogP contribution in [-0.2, 0) is 18.6 Å². The third-order valence-electron chi connectivity index (χ3n) is 1.10. The SMILES string of the molecule is C=C(C)C(=O)OC(C)CO[PH](=O)O. The van der Waals surface area contributed by atoms with Gasteiger partial charge in [0.15, 0.2) is 0 Å². The Morgan fingerprint density at radius 3 is 2.62 bits per heavy atom. The van der Waals surface area contributed by atoms with Crippen molar-refractivity contribution in [3.63, 3.8) is 0 Å². The normalized spacial score (nSPS) is 14.7. The van der Waals surface area contributed by atoms with Crippen LogP contribution < -0.4 is 0 Å². The summed E-state index contributed by atoms with van der Waals surface area (Å²) in [7, 11) is -2.95. The molecular weight excluding hydrogens is 195 g/mol. The van der Waals surface area contributed by atoms with Crippen LogP contribution in [0, 0.1) is 0 Å². The molecule has 0 heterocycles. The zero-order valence-corrected chi connectivity index (χ0v) is 8.57. The largest absolute Gasteiger partial charge is 0.457 e. The molecule has 0 aromatic carbocycles. The fraction of sp³-hybridized carbons (Fsp3) is 0.571. The Kier molecular flexibility index (Phi) is 5.62. The first-order valence-corrected chi connectivity index (χ1v) is 4.92. The van der Waals surface area contributed by atoms with Crippen molar-refractivity contribution >= 4 is 14.2 Å². The Morgan fingerprint density at radius 2 is 2.23 bits per heavy atom. The molecule has 0 saturated heterocycles. The first kappa shape index (κ1) is 12.4. The van der Waals surface area contributed by atoms with E-state index in [0.717, 1.165) is 0 Å². The van der Waals surface area contributed by atoms with Crippen LogP contribution in [0.4, 0.5) is 0 Å². The second kappa shape index (κ2) is 5.91. The van der Waals surface area contributed by atoms with Crippen molar-refractivity contribution in [3.8, 4) is 0 Å². The van der Waals surface area contributed by atoms with E-state index in [1.165, 1.54) is 6.92 Å². The van der Waals surface area contributed by atoms with Crippen LogP contribution >= 0.6 is 8.25 Å². The summed E-state index contributed by atoms with van der Waals surface area (Å²) >= 11 is 0. The van der Waals surface area contributed by atoms with Gasteiger partial charge in [0, 0.05) is 5.57 Å². The minimum atomic E-state index is -2.95. The molecule has 13 heavy (non-hydrogen) atoms. The second-order valence-corrected chi connectivity index (χ2v) is 3.39. The van der Waals surface area contributed by atoms with Crippen LogP contribution in [0.3, 0.4) is 0 Å². The van der Waals surface area contributed by atoms with Crippen molar-refractivity contribution in [3.05, 3.63) is 12.2 Å². The maximum absolute atomic E-state index is 10.9. The topological polar surface area (TPSA) is 72.8 Å². The van der Waals surface area contributed by atoms with Crippen molar-refractivity contribution in [2.45, 2.75) is 20.0 Å². The number of rotatable bonds is 5. The molecule has 0 rings (SSSR count). The third-order valence-corrected chi connectivity index (χ3v) is 1.51. The molecule has 0 aromatic rings. The minimum Gasteiger partial charge on any atom is -0.457 e. The zero-order chi connectivity index (χ0) is 10.4. The lowest BCUT2D eigenvalue weighted by Gasteiger charge is -2.11. The highest BCUT2D eigenvalue weighted by atomic mass is 31.1. The summed E-state index contributed by atoms with van der Waals surface area (Å²) in [5, 5.41) is 0. The predicted octanol–water partition coefficient (Wildman–Crippen LogP) is 0.893. The molecular formula is C7H13O5P. The predicted molar refractivity (Wildman–Crippen MR) is 47.5 cm³/mol. The van der Waals surface area contributed by atoms with Gasteiger partial charge in [-0.25, -0.2) is 4.79 Å². The summed E-state index contributed by atoms with van der Waals surface area (Å²) in [5.41, 5.74) is 0.281. The highest BCUT2D eigenvalue weighted by Crippen LogP contribution is 2.15. The van der Waals surface area contributed by atoms with Gasteiger partial charge in [-0.3, -0.25) is 4.57 Å². The molecule has 2 unspecified atom stereocenters. The van der Waals surface area contributed by atoms with Crippen molar-refractivity contribution in [1.82, 2.24) is 0 Å². The van der Waals surface area contributed by atoms with Gasteiger partial charge in [-0.15, -0.1) is 0 Å². The molecule has 0 aliphatic carbocycles. The number of esters is 1. The molecule has 0 aromatic heterocycles. The van der Waals surface area contributed by atoms with Crippen LogP contribution in [0.1, 0.15) is 13.8 Å². The molecule has 0 aliphatic heterocycles. The summed E-state index contributed by atoms with van der Waals surface area (Å²) in [6, 6.07) is 0. The van der Waals surface area contributed by atoms with Gasteiger partial charge in [0.2, 0.25) is 0 Å². The molecule has 0 saturated carbocycles. The number of hydrogen-bond donors (Lipinski definition) is 1. The van der Waals surface area contributed by atoms with Gasteiger partial charge in [0.25, 0.3) is 0 Å². The minimum absolute atomic E-state index is 0.0900. The van der Waals surface area contributed by atoms with Crippen molar-refractivity contribution in [2.24, 2.45) is 0 Å². The molecule has 0 spiro atoms. The average molecular weight is 208 g/mol. The van der Waals surface area contributed by atoms with E-state index >= 15 is 0 Å². The van der Waals surface area contributed by atoms with E-state index in [1.54, 1.807) is 6.92 Å². The number of ether oxygens (including phenoxy) is 1. The summed E-state index contributed by atoms with van der Waals surface area (Å²) in [4.78, 5) is 19.2. The molecule has 5 nitrogen and oxygen atoms in total. The highest BCUT2D eigenvalue weighted by Gasteiger charge is 2.10. The Labute approximate surface area is 77.3 Å². The van der Waals surface area contributed by atoms with E-state index in [9.17, 15) is 9.36 Å². The van der Waals surface area contributed by atoms with E-state index < -0.39 is 20.3 Å². The monoisotopic (exact) mass is 208 g/mol. The van der Waals surface area contributed by atoms with Crippen LogP contribution in [-0.4, -0.2) is 23.6 Å². The fourth-order valence-electron chi connectivity index (χ4n) is 0.506. The summed E-state index contributed by atoms with van der Waals surface area (Å²) in [5.74, 6) is -0.534. The van der Waals surface area contributed by atoms with Gasteiger partial charge in [-0.1, -0.05) is 6.58 Å². The maximum atomic E-state index is 10.9. The number of carbonyl (C=O) groups is 1. The van der Waals surface area contributed by atoms with Crippen LogP contribution in [0.25, 0.3) is 0 Å². The maximum Gasteiger partial charge on any atom is 0.333 e. The lowest BCUT2D eigenvalue weighted by atomic mass is 10.3. The van der Waals surface area contributed by atoms with Gasteiger partial charge >= 0.3 is 14.2 Å². The molecule has 0 bridgehead atoms. The Bertz CT molecular complexity index is 225. The molecule has 0 amide bonds. The van der Waals surface area contributed by atoms with Crippen molar-refractivity contribution in [1.29, 1.82) is 0 Å². The standard InChI is InChI=1S/C7H13O5P/c1-5(2)7(8)12-6(3)4-11-13(9)10/h6,13H,1,4H2,2-3H3,(H,9,10). The Hall–Kier alpha value is -0.640. The molecule has 0 aliphatic rings. The smallest absolute Gasteiger partial charge is 0.333 e. The lowest BCUT2D eigenvalue weighted by molar-refractivity contribution is -0.144. The van der Waals surface area contributed by atoms with Crippen LogP contribution in [0.15, 0.2) is 12.2 Å². The van der Waals surface area contributed by atoms with Crippen molar-refractivity contribution in [2.75, 3.05) is 6.61 Å². The first-order chi connectivity index (χ1) is 5.93. The number of hydrogen-bond acceptors (Lipinski definition) is 4. The summed E-state index contributed by atoms with van der Waals surface area (Å²) in [6.07, 6.45) is -0.551. The van der Waals surface area contributed by atoms with E-state index in [0.29, 0.717) is 0 Å². The lowest BCUT2D eigenvalue weighted by Crippen LogP contribution is -2.19. The van der Waals surface area contributed by atoms with Gasteiger partial charge in [0.1, 0.15) is 6.10 Å². The molecule has 0 fully saturated rings. The Morgan fingerprint density at radius 1 is 1.69 bits per heavy atom. The highest BCUT2D eigenvalue weighted by molar-refractivity contribution is 7.32. The Balaban J connectivity index is 3.74. The zero-order valence-electron chi connectivity index (χ0n) is 7.57. The van der Waals surface area contributed by atoms with E-state index in [4.69, 9.17) is 9.63 Å². The molecule has 0 radical (unpaired) electrons.